The average molecular weight is 408 g/mol. The van der Waals surface area contributed by atoms with Crippen molar-refractivity contribution < 1.29 is 33.4 Å². The molecule has 9 nitrogen and oxygen atoms in total. The molecule has 0 unspecified atom stereocenters. The van der Waals surface area contributed by atoms with E-state index in [2.05, 4.69) is 5.32 Å². The zero-order valence-corrected chi connectivity index (χ0v) is 15.8. The third-order valence-electron chi connectivity index (χ3n) is 4.45. The van der Waals surface area contributed by atoms with Crippen molar-refractivity contribution in [1.82, 2.24) is 5.32 Å². The Morgan fingerprint density at radius 3 is 2.57 bits per heavy atom. The summed E-state index contributed by atoms with van der Waals surface area (Å²) in [7, 11) is 0. The van der Waals surface area contributed by atoms with Crippen LogP contribution in [0, 0.1) is 0 Å². The fourth-order valence-electron chi connectivity index (χ4n) is 3.02. The number of hydrogen-bond acceptors (Lipinski definition) is 7. The van der Waals surface area contributed by atoms with E-state index in [1.807, 2.05) is 0 Å². The van der Waals surface area contributed by atoms with E-state index in [-0.39, 0.29) is 30.2 Å². The van der Waals surface area contributed by atoms with Gasteiger partial charge in [0.25, 0.3) is 11.8 Å². The van der Waals surface area contributed by atoms with Crippen LogP contribution in [-0.2, 0) is 14.3 Å². The number of benzene rings is 2. The maximum Gasteiger partial charge on any atom is 0.338 e. The van der Waals surface area contributed by atoms with Gasteiger partial charge in [0.1, 0.15) is 5.57 Å². The molecule has 1 fully saturated rings. The number of carbonyl (C=O) groups excluding carboxylic acids is 4. The Morgan fingerprint density at radius 1 is 1.10 bits per heavy atom. The van der Waals surface area contributed by atoms with Crippen LogP contribution < -0.4 is 19.7 Å². The van der Waals surface area contributed by atoms with Crippen LogP contribution in [-0.4, -0.2) is 37.2 Å². The standard InChI is InChI=1S/C21H16N2O7/c1-2-28-20(26)13-4-6-14(7-5-13)23-19(25)15(18(24)22-21(23)27)9-12-3-8-16-17(10-12)30-11-29-16/h3-10H,2,11H2,1H3,(H,22,24,27)/b15-9-. The highest BCUT2D eigenvalue weighted by Gasteiger charge is 2.37. The van der Waals surface area contributed by atoms with Crippen molar-refractivity contribution in [2.45, 2.75) is 6.92 Å². The Morgan fingerprint density at radius 2 is 1.83 bits per heavy atom. The first-order valence-electron chi connectivity index (χ1n) is 9.06. The normalized spacial score (nSPS) is 16.6. The number of urea groups is 1. The topological polar surface area (TPSA) is 111 Å². The minimum atomic E-state index is -0.878. The van der Waals surface area contributed by atoms with Crippen molar-refractivity contribution in [2.75, 3.05) is 18.3 Å². The Hall–Kier alpha value is -4.14. The second-order valence-corrected chi connectivity index (χ2v) is 6.34. The molecule has 4 amide bonds. The van der Waals surface area contributed by atoms with E-state index in [4.69, 9.17) is 14.2 Å². The molecule has 0 radical (unpaired) electrons. The summed E-state index contributed by atoms with van der Waals surface area (Å²) in [6, 6.07) is 9.81. The van der Waals surface area contributed by atoms with Crippen molar-refractivity contribution in [3.63, 3.8) is 0 Å². The Kier molecular flexibility index (Phi) is 4.93. The zero-order chi connectivity index (χ0) is 21.3. The molecule has 30 heavy (non-hydrogen) atoms. The highest BCUT2D eigenvalue weighted by atomic mass is 16.7. The second-order valence-electron chi connectivity index (χ2n) is 6.34. The van der Waals surface area contributed by atoms with Crippen molar-refractivity contribution in [3.05, 3.63) is 59.2 Å². The van der Waals surface area contributed by atoms with Crippen LogP contribution >= 0.6 is 0 Å². The van der Waals surface area contributed by atoms with Gasteiger partial charge >= 0.3 is 12.0 Å². The molecule has 2 aromatic carbocycles. The number of imide groups is 2. The van der Waals surface area contributed by atoms with Gasteiger partial charge in [0.2, 0.25) is 6.79 Å². The second kappa shape index (κ2) is 7.70. The lowest BCUT2D eigenvalue weighted by atomic mass is 10.1. The molecular weight excluding hydrogens is 392 g/mol. The summed E-state index contributed by atoms with van der Waals surface area (Å²) in [5.41, 5.74) is 0.792. The number of carbonyl (C=O) groups is 4. The molecule has 9 heteroatoms. The Bertz CT molecular complexity index is 1090. The van der Waals surface area contributed by atoms with E-state index in [0.717, 1.165) is 4.90 Å². The maximum absolute atomic E-state index is 12.9. The molecule has 2 aliphatic heterocycles. The van der Waals surface area contributed by atoms with Crippen molar-refractivity contribution in [3.8, 4) is 11.5 Å². The van der Waals surface area contributed by atoms with Gasteiger partial charge in [0.05, 0.1) is 17.9 Å². The van der Waals surface area contributed by atoms with Crippen molar-refractivity contribution in [2.24, 2.45) is 0 Å². The van der Waals surface area contributed by atoms with Gasteiger partial charge in [-0.15, -0.1) is 0 Å². The van der Waals surface area contributed by atoms with Gasteiger partial charge in [-0.2, -0.15) is 0 Å². The monoisotopic (exact) mass is 408 g/mol. The van der Waals surface area contributed by atoms with Gasteiger partial charge in [-0.1, -0.05) is 6.07 Å². The van der Waals surface area contributed by atoms with Crippen LogP contribution in [0.2, 0.25) is 0 Å². The third-order valence-corrected chi connectivity index (χ3v) is 4.45. The van der Waals surface area contributed by atoms with Gasteiger partial charge in [0.15, 0.2) is 11.5 Å². The molecule has 2 aliphatic rings. The number of ether oxygens (including phenoxy) is 3. The summed E-state index contributed by atoms with van der Waals surface area (Å²) < 4.78 is 15.5. The molecule has 0 spiro atoms. The fraction of sp³-hybridized carbons (Fsp3) is 0.143. The summed E-state index contributed by atoms with van der Waals surface area (Å²) >= 11 is 0. The summed E-state index contributed by atoms with van der Waals surface area (Å²) in [6.45, 7) is 2.01. The van der Waals surface area contributed by atoms with Crippen LogP contribution in [0.5, 0.6) is 11.5 Å². The third kappa shape index (κ3) is 3.48. The lowest BCUT2D eigenvalue weighted by Gasteiger charge is -2.26. The van der Waals surface area contributed by atoms with Gasteiger partial charge in [-0.3, -0.25) is 14.9 Å². The van der Waals surface area contributed by atoms with Gasteiger partial charge in [0, 0.05) is 0 Å². The number of barbiturate groups is 1. The lowest BCUT2D eigenvalue weighted by molar-refractivity contribution is -0.122. The smallest absolute Gasteiger partial charge is 0.338 e. The first-order chi connectivity index (χ1) is 14.5. The van der Waals surface area contributed by atoms with Crippen LogP contribution in [0.3, 0.4) is 0 Å². The molecule has 0 aromatic heterocycles. The summed E-state index contributed by atoms with van der Waals surface area (Å²) in [4.78, 5) is 50.1. The molecule has 0 bridgehead atoms. The van der Waals surface area contributed by atoms with Gasteiger partial charge in [-0.25, -0.2) is 14.5 Å². The van der Waals surface area contributed by atoms with Crippen molar-refractivity contribution in [1.29, 1.82) is 0 Å². The lowest BCUT2D eigenvalue weighted by Crippen LogP contribution is -2.54. The van der Waals surface area contributed by atoms with Crippen LogP contribution in [0.15, 0.2) is 48.0 Å². The minimum Gasteiger partial charge on any atom is -0.462 e. The zero-order valence-electron chi connectivity index (χ0n) is 15.8. The van der Waals surface area contributed by atoms with Crippen LogP contribution in [0.4, 0.5) is 10.5 Å². The van der Waals surface area contributed by atoms with E-state index in [1.54, 1.807) is 25.1 Å². The molecule has 2 aromatic rings. The maximum atomic E-state index is 12.9. The number of fused-ring (bicyclic) bond motifs is 1. The molecule has 0 saturated carbocycles. The van der Waals surface area contributed by atoms with Crippen LogP contribution in [0.1, 0.15) is 22.8 Å². The first kappa shape index (κ1) is 19.2. The predicted molar refractivity (Wildman–Crippen MR) is 104 cm³/mol. The molecule has 0 atom stereocenters. The summed E-state index contributed by atoms with van der Waals surface area (Å²) in [5.74, 6) is -1.05. The van der Waals surface area contributed by atoms with E-state index < -0.39 is 23.8 Å². The minimum absolute atomic E-state index is 0.0961. The number of nitrogens with one attached hydrogen (secondary N) is 1. The largest absolute Gasteiger partial charge is 0.462 e. The van der Waals surface area contributed by atoms with E-state index in [9.17, 15) is 19.2 Å². The van der Waals surface area contributed by atoms with E-state index in [1.165, 1.54) is 30.3 Å². The molecule has 2 heterocycles. The SMILES string of the molecule is CCOC(=O)c1ccc(N2C(=O)NC(=O)/C(=C/c3ccc4c(c3)OCO4)C2=O)cc1. The number of anilines is 1. The number of amides is 4. The van der Waals surface area contributed by atoms with Crippen LogP contribution in [0.25, 0.3) is 6.08 Å². The van der Waals surface area contributed by atoms with Gasteiger partial charge < -0.3 is 14.2 Å². The fourth-order valence-corrected chi connectivity index (χ4v) is 3.02. The molecular formula is C21H16N2O7. The number of nitrogens with zero attached hydrogens (tertiary/aromatic N) is 1. The Labute approximate surface area is 170 Å². The number of esters is 1. The van der Waals surface area contributed by atoms with E-state index in [0.29, 0.717) is 17.1 Å². The molecule has 4 rings (SSSR count). The number of hydrogen-bond donors (Lipinski definition) is 1. The summed E-state index contributed by atoms with van der Waals surface area (Å²) in [6.07, 6.45) is 1.37. The molecule has 0 aliphatic carbocycles. The molecule has 1 N–H and O–H groups in total. The molecule has 152 valence electrons. The predicted octanol–water partition coefficient (Wildman–Crippen LogP) is 2.26. The number of rotatable bonds is 4. The highest BCUT2D eigenvalue weighted by Crippen LogP contribution is 2.33. The average Bonchev–Trinajstić information content (AvgIpc) is 3.19. The summed E-state index contributed by atoms with van der Waals surface area (Å²) in [5, 5.41) is 2.15. The van der Waals surface area contributed by atoms with Crippen molar-refractivity contribution >= 4 is 35.6 Å². The van der Waals surface area contributed by atoms with Gasteiger partial charge in [-0.05, 0) is 55.0 Å². The van der Waals surface area contributed by atoms with E-state index >= 15 is 0 Å². The quantitative estimate of drug-likeness (QED) is 0.469. The highest BCUT2D eigenvalue weighted by molar-refractivity contribution is 6.39. The Balaban J connectivity index is 1.63. The molecule has 1 saturated heterocycles. The first-order valence-corrected chi connectivity index (χ1v) is 9.06.